The van der Waals surface area contributed by atoms with Crippen molar-refractivity contribution in [3.63, 3.8) is 0 Å². The van der Waals surface area contributed by atoms with Crippen LogP contribution in [0.15, 0.2) is 47.3 Å². The Bertz CT molecular complexity index is 1190. The summed E-state index contributed by atoms with van der Waals surface area (Å²) in [6, 6.07) is 10.9. The van der Waals surface area contributed by atoms with Gasteiger partial charge in [-0.25, -0.2) is 9.59 Å². The first-order valence-electron chi connectivity index (χ1n) is 12.6. The monoisotopic (exact) mass is 494 g/mol. The molecule has 9 heteroatoms. The molecule has 1 saturated heterocycles. The number of fused-ring (bicyclic) bond motifs is 4. The van der Waals surface area contributed by atoms with Crippen LogP contribution in [0.1, 0.15) is 55.6 Å². The molecule has 0 spiro atoms. The van der Waals surface area contributed by atoms with Crippen LogP contribution < -0.4 is 16.2 Å². The van der Waals surface area contributed by atoms with Gasteiger partial charge >= 0.3 is 12.0 Å². The number of aromatic nitrogens is 1. The van der Waals surface area contributed by atoms with Crippen LogP contribution in [0.3, 0.4) is 0 Å². The molecule has 2 aromatic rings. The second-order valence-electron chi connectivity index (χ2n) is 10.0. The molecule has 3 amide bonds. The number of piperidine rings is 1. The van der Waals surface area contributed by atoms with Gasteiger partial charge in [-0.05, 0) is 55.9 Å². The molecule has 0 saturated carbocycles. The van der Waals surface area contributed by atoms with Crippen molar-refractivity contribution in [3.8, 4) is 0 Å². The number of hydrogen-bond acceptors (Lipinski definition) is 5. The van der Waals surface area contributed by atoms with Gasteiger partial charge in [0.15, 0.2) is 0 Å². The molecule has 0 unspecified atom stereocenters. The van der Waals surface area contributed by atoms with Crippen LogP contribution in [0.2, 0.25) is 0 Å². The van der Waals surface area contributed by atoms with E-state index in [1.54, 1.807) is 48.2 Å². The molecule has 2 N–H and O–H groups in total. The normalized spacial score (nSPS) is 19.3. The predicted octanol–water partition coefficient (Wildman–Crippen LogP) is 3.21. The van der Waals surface area contributed by atoms with Gasteiger partial charge in [0.25, 0.3) is 5.56 Å². The van der Waals surface area contributed by atoms with Gasteiger partial charge in [-0.3, -0.25) is 9.59 Å². The standard InChI is InChI=1S/C27H34N4O5/c1-4-36-26(34)19-7-5-8-21(13-19)28-25(33)22(11-17(2)3)29-27(35)30-14-18-12-20(16-30)23-9-6-10-24(32)31(23)15-18/h5-10,13,17-18,20,22H,4,11-12,14-16H2,1-3H3,(H,28,33)(H,29,35)/t18-,20-,22-/m0/s1. The third-order valence-electron chi connectivity index (χ3n) is 6.73. The zero-order valence-corrected chi connectivity index (χ0v) is 21.0. The third-order valence-corrected chi connectivity index (χ3v) is 6.73. The molecule has 36 heavy (non-hydrogen) atoms. The van der Waals surface area contributed by atoms with Crippen molar-refractivity contribution < 1.29 is 19.1 Å². The maximum atomic E-state index is 13.3. The molecule has 3 heterocycles. The van der Waals surface area contributed by atoms with E-state index in [1.807, 2.05) is 24.5 Å². The summed E-state index contributed by atoms with van der Waals surface area (Å²) in [6.45, 7) is 7.63. The Morgan fingerprint density at radius 3 is 2.61 bits per heavy atom. The number of pyridine rings is 1. The lowest BCUT2D eigenvalue weighted by molar-refractivity contribution is -0.118. The van der Waals surface area contributed by atoms with Crippen LogP contribution in [0, 0.1) is 11.8 Å². The van der Waals surface area contributed by atoms with E-state index in [9.17, 15) is 19.2 Å². The predicted molar refractivity (Wildman–Crippen MR) is 136 cm³/mol. The molecule has 9 nitrogen and oxygen atoms in total. The van der Waals surface area contributed by atoms with Crippen molar-refractivity contribution in [1.29, 1.82) is 0 Å². The average molecular weight is 495 g/mol. The van der Waals surface area contributed by atoms with Crippen molar-refractivity contribution in [2.75, 3.05) is 25.0 Å². The SMILES string of the molecule is CCOC(=O)c1cccc(NC(=O)[C@H](CC(C)C)NC(=O)N2C[C@@H]3C[C@@H](C2)c2cccc(=O)n2C3)c1. The maximum absolute atomic E-state index is 13.3. The highest BCUT2D eigenvalue weighted by atomic mass is 16.5. The Kier molecular flexibility index (Phi) is 7.76. The fourth-order valence-corrected chi connectivity index (χ4v) is 5.17. The number of urea groups is 1. The van der Waals surface area contributed by atoms with Crippen molar-refractivity contribution in [2.45, 2.75) is 52.1 Å². The molecule has 2 aliphatic rings. The number of amides is 3. The van der Waals surface area contributed by atoms with Gasteiger partial charge < -0.3 is 24.8 Å². The summed E-state index contributed by atoms with van der Waals surface area (Å²) in [4.78, 5) is 52.5. The van der Waals surface area contributed by atoms with Gasteiger partial charge in [0, 0.05) is 43.0 Å². The highest BCUT2D eigenvalue weighted by molar-refractivity contribution is 5.98. The first kappa shape index (κ1) is 25.5. The minimum absolute atomic E-state index is 0.000737. The minimum Gasteiger partial charge on any atom is -0.462 e. The lowest BCUT2D eigenvalue weighted by atomic mass is 9.83. The Morgan fingerprint density at radius 1 is 1.08 bits per heavy atom. The van der Waals surface area contributed by atoms with Crippen LogP contribution in [0.4, 0.5) is 10.5 Å². The lowest BCUT2D eigenvalue weighted by Crippen LogP contribution is -2.55. The molecule has 2 bridgehead atoms. The van der Waals surface area contributed by atoms with Gasteiger partial charge in [0.1, 0.15) is 6.04 Å². The topological polar surface area (TPSA) is 110 Å². The molecular weight excluding hydrogens is 460 g/mol. The number of nitrogens with one attached hydrogen (secondary N) is 2. The zero-order valence-electron chi connectivity index (χ0n) is 21.0. The van der Waals surface area contributed by atoms with Gasteiger partial charge in [0.2, 0.25) is 5.91 Å². The summed E-state index contributed by atoms with van der Waals surface area (Å²) in [6.07, 6.45) is 1.41. The highest BCUT2D eigenvalue weighted by Gasteiger charge is 2.37. The van der Waals surface area contributed by atoms with Crippen LogP contribution in [-0.2, 0) is 16.1 Å². The fourth-order valence-electron chi connectivity index (χ4n) is 5.17. The molecule has 192 valence electrons. The van der Waals surface area contributed by atoms with E-state index in [2.05, 4.69) is 10.6 Å². The molecule has 1 aromatic carbocycles. The number of hydrogen-bond donors (Lipinski definition) is 2. The highest BCUT2D eigenvalue weighted by Crippen LogP contribution is 2.35. The Hall–Kier alpha value is -3.62. The maximum Gasteiger partial charge on any atom is 0.338 e. The van der Waals surface area contributed by atoms with Gasteiger partial charge in [-0.15, -0.1) is 0 Å². The molecule has 3 atom stereocenters. The summed E-state index contributed by atoms with van der Waals surface area (Å²) >= 11 is 0. The van der Waals surface area contributed by atoms with E-state index in [4.69, 9.17) is 4.74 Å². The van der Waals surface area contributed by atoms with Crippen molar-refractivity contribution in [2.24, 2.45) is 11.8 Å². The van der Waals surface area contributed by atoms with Gasteiger partial charge in [-0.1, -0.05) is 26.0 Å². The number of rotatable bonds is 7. The molecule has 1 fully saturated rings. The molecule has 0 aliphatic carbocycles. The smallest absolute Gasteiger partial charge is 0.338 e. The Balaban J connectivity index is 1.44. The third kappa shape index (κ3) is 5.78. The number of carbonyl (C=O) groups excluding carboxylic acids is 3. The van der Waals surface area contributed by atoms with Crippen LogP contribution >= 0.6 is 0 Å². The summed E-state index contributed by atoms with van der Waals surface area (Å²) in [5.41, 5.74) is 1.77. The second kappa shape index (κ2) is 11.0. The van der Waals surface area contributed by atoms with E-state index < -0.39 is 12.0 Å². The molecule has 0 radical (unpaired) electrons. The number of esters is 1. The average Bonchev–Trinajstić information content (AvgIpc) is 2.84. The van der Waals surface area contributed by atoms with E-state index >= 15 is 0 Å². The zero-order chi connectivity index (χ0) is 25.8. The van der Waals surface area contributed by atoms with Crippen molar-refractivity contribution in [1.82, 2.24) is 14.8 Å². The van der Waals surface area contributed by atoms with E-state index in [-0.39, 0.29) is 41.9 Å². The number of carbonyl (C=O) groups is 3. The molecule has 4 rings (SSSR count). The summed E-state index contributed by atoms with van der Waals surface area (Å²) in [7, 11) is 0. The van der Waals surface area contributed by atoms with Crippen LogP contribution in [0.5, 0.6) is 0 Å². The Labute approximate surface area is 210 Å². The molecular formula is C27H34N4O5. The summed E-state index contributed by atoms with van der Waals surface area (Å²) < 4.78 is 6.86. The van der Waals surface area contributed by atoms with Crippen molar-refractivity contribution in [3.05, 3.63) is 64.1 Å². The quantitative estimate of drug-likeness (QED) is 0.575. The molecule has 2 aliphatic heterocycles. The first-order valence-corrected chi connectivity index (χ1v) is 12.6. The summed E-state index contributed by atoms with van der Waals surface area (Å²) in [5.74, 6) is -0.330. The van der Waals surface area contributed by atoms with Gasteiger partial charge in [-0.2, -0.15) is 0 Å². The van der Waals surface area contributed by atoms with E-state index in [1.165, 1.54) is 0 Å². The minimum atomic E-state index is -0.736. The van der Waals surface area contributed by atoms with E-state index in [0.717, 1.165) is 12.1 Å². The number of ether oxygens (including phenoxy) is 1. The Morgan fingerprint density at radius 2 is 1.86 bits per heavy atom. The van der Waals surface area contributed by atoms with E-state index in [0.29, 0.717) is 37.3 Å². The lowest BCUT2D eigenvalue weighted by Gasteiger charge is -2.43. The summed E-state index contributed by atoms with van der Waals surface area (Å²) in [5, 5.41) is 5.77. The second-order valence-corrected chi connectivity index (χ2v) is 10.0. The number of nitrogens with zero attached hydrogens (tertiary/aromatic N) is 2. The van der Waals surface area contributed by atoms with Crippen molar-refractivity contribution >= 4 is 23.6 Å². The number of likely N-dealkylation sites (tertiary alicyclic amines) is 1. The molecule has 1 aromatic heterocycles. The number of benzene rings is 1. The van der Waals surface area contributed by atoms with Gasteiger partial charge in [0.05, 0.1) is 12.2 Å². The van der Waals surface area contributed by atoms with Crippen LogP contribution in [0.25, 0.3) is 0 Å². The van der Waals surface area contributed by atoms with Crippen LogP contribution in [-0.4, -0.2) is 53.1 Å². The number of anilines is 1. The first-order chi connectivity index (χ1) is 17.2. The largest absolute Gasteiger partial charge is 0.462 e. The fraction of sp³-hybridized carbons (Fsp3) is 0.481.